The molecule has 0 N–H and O–H groups in total. The maximum absolute atomic E-state index is 6.16. The van der Waals surface area contributed by atoms with Crippen molar-refractivity contribution in [2.45, 2.75) is 45.2 Å². The normalized spacial score (nSPS) is 18.0. The smallest absolute Gasteiger partial charge is 0.138 e. The third-order valence-corrected chi connectivity index (χ3v) is 4.41. The lowest BCUT2D eigenvalue weighted by atomic mass is 9.90. The molecule has 68 valence electrons. The molecule has 2 atom stereocenters. The van der Waals surface area contributed by atoms with Crippen LogP contribution in [0.2, 0.25) is 12.6 Å². The van der Waals surface area contributed by atoms with Crippen LogP contribution in [-0.2, 0) is 0 Å². The van der Waals surface area contributed by atoms with Crippen molar-refractivity contribution in [1.82, 2.24) is 0 Å². The van der Waals surface area contributed by atoms with Crippen molar-refractivity contribution in [1.29, 1.82) is 0 Å². The number of rotatable bonds is 3. The van der Waals surface area contributed by atoms with Crippen LogP contribution in [0.1, 0.15) is 27.2 Å². The zero-order chi connectivity index (χ0) is 9.07. The van der Waals surface area contributed by atoms with E-state index in [0.29, 0.717) is 0 Å². The largest absolute Gasteiger partial charge is 0.172 e. The SMILES string of the molecule is C[SiH](Cl)CCC(Cl)C(C)(C)C. The van der Waals surface area contributed by atoms with Gasteiger partial charge in [-0.3, -0.25) is 0 Å². The summed E-state index contributed by atoms with van der Waals surface area (Å²) >= 11 is 12.1. The predicted molar refractivity (Wildman–Crippen MR) is 57.4 cm³/mol. The average molecular weight is 213 g/mol. The fourth-order valence-electron chi connectivity index (χ4n) is 0.809. The second-order valence-electron chi connectivity index (χ2n) is 4.19. The van der Waals surface area contributed by atoms with E-state index in [-0.39, 0.29) is 10.8 Å². The average Bonchev–Trinajstić information content (AvgIpc) is 1.80. The van der Waals surface area contributed by atoms with E-state index in [0.717, 1.165) is 12.5 Å². The van der Waals surface area contributed by atoms with Crippen LogP contribution in [0, 0.1) is 5.41 Å². The Labute approximate surface area is 81.6 Å². The molecule has 0 rings (SSSR count). The lowest BCUT2D eigenvalue weighted by molar-refractivity contribution is 0.381. The number of hydrogen-bond acceptors (Lipinski definition) is 0. The Bertz CT molecular complexity index is 107. The summed E-state index contributed by atoms with van der Waals surface area (Å²) in [6.45, 7) is 8.66. The quantitative estimate of drug-likeness (QED) is 0.381. The van der Waals surface area contributed by atoms with Crippen molar-refractivity contribution in [3.05, 3.63) is 0 Å². The molecule has 0 saturated heterocycles. The molecule has 0 aromatic rings. The molecule has 0 aliphatic carbocycles. The van der Waals surface area contributed by atoms with E-state index in [9.17, 15) is 0 Å². The molecule has 0 heterocycles. The van der Waals surface area contributed by atoms with Gasteiger partial charge in [0.15, 0.2) is 0 Å². The first-order valence-corrected chi connectivity index (χ1v) is 8.27. The van der Waals surface area contributed by atoms with Crippen LogP contribution in [-0.4, -0.2) is 13.5 Å². The van der Waals surface area contributed by atoms with Gasteiger partial charge in [0, 0.05) is 5.38 Å². The Hall–Kier alpha value is 0.797. The fourth-order valence-corrected chi connectivity index (χ4v) is 2.32. The Morgan fingerprint density at radius 3 is 2.09 bits per heavy atom. The number of hydrogen-bond donors (Lipinski definition) is 0. The van der Waals surface area contributed by atoms with E-state index < -0.39 is 8.11 Å². The molecular weight excluding hydrogens is 195 g/mol. The topological polar surface area (TPSA) is 0 Å². The molecule has 0 spiro atoms. The molecule has 0 radical (unpaired) electrons. The maximum atomic E-state index is 6.16. The van der Waals surface area contributed by atoms with Gasteiger partial charge in [-0.05, 0) is 17.9 Å². The summed E-state index contributed by atoms with van der Waals surface area (Å²) in [5.74, 6) is 0. The molecule has 0 aromatic heterocycles. The van der Waals surface area contributed by atoms with Crippen LogP contribution in [0.25, 0.3) is 0 Å². The second-order valence-corrected chi connectivity index (χ2v) is 9.09. The van der Waals surface area contributed by atoms with Gasteiger partial charge in [-0.25, -0.2) is 0 Å². The van der Waals surface area contributed by atoms with Gasteiger partial charge >= 0.3 is 0 Å². The third kappa shape index (κ3) is 6.00. The first kappa shape index (κ1) is 11.8. The van der Waals surface area contributed by atoms with Crippen LogP contribution in [0.15, 0.2) is 0 Å². The van der Waals surface area contributed by atoms with Crippen molar-refractivity contribution in [3.63, 3.8) is 0 Å². The Morgan fingerprint density at radius 2 is 1.82 bits per heavy atom. The van der Waals surface area contributed by atoms with Gasteiger partial charge < -0.3 is 0 Å². The molecule has 3 heteroatoms. The number of alkyl halides is 1. The van der Waals surface area contributed by atoms with E-state index in [2.05, 4.69) is 27.3 Å². The van der Waals surface area contributed by atoms with Gasteiger partial charge in [-0.2, -0.15) is 11.1 Å². The highest BCUT2D eigenvalue weighted by atomic mass is 35.6. The fraction of sp³-hybridized carbons (Fsp3) is 1.00. The van der Waals surface area contributed by atoms with Crippen molar-refractivity contribution in [2.75, 3.05) is 0 Å². The molecule has 0 bridgehead atoms. The van der Waals surface area contributed by atoms with Crippen LogP contribution < -0.4 is 0 Å². The van der Waals surface area contributed by atoms with E-state index in [1.54, 1.807) is 0 Å². The van der Waals surface area contributed by atoms with Gasteiger partial charge in [-0.1, -0.05) is 27.3 Å². The summed E-state index contributed by atoms with van der Waals surface area (Å²) < 4.78 is 0. The summed E-state index contributed by atoms with van der Waals surface area (Å²) in [5, 5.41) is 0.274. The molecule has 0 aromatic carbocycles. The summed E-state index contributed by atoms with van der Waals surface area (Å²) in [7, 11) is -0.911. The van der Waals surface area contributed by atoms with Gasteiger partial charge in [0.1, 0.15) is 8.11 Å². The molecule has 2 unspecified atom stereocenters. The van der Waals surface area contributed by atoms with Gasteiger partial charge in [0.05, 0.1) is 0 Å². The van der Waals surface area contributed by atoms with E-state index >= 15 is 0 Å². The molecule has 0 fully saturated rings. The predicted octanol–water partition coefficient (Wildman–Crippen LogP) is 3.62. The zero-order valence-electron chi connectivity index (χ0n) is 7.82. The molecule has 0 saturated carbocycles. The minimum absolute atomic E-state index is 0.224. The van der Waals surface area contributed by atoms with Crippen molar-refractivity contribution in [2.24, 2.45) is 5.41 Å². The Kier molecular flexibility index (Phi) is 5.08. The minimum atomic E-state index is -0.911. The minimum Gasteiger partial charge on any atom is -0.172 e. The van der Waals surface area contributed by atoms with Crippen molar-refractivity contribution < 1.29 is 0 Å². The summed E-state index contributed by atoms with van der Waals surface area (Å²) in [5.41, 5.74) is 0.224. The second kappa shape index (κ2) is 4.73. The summed E-state index contributed by atoms with van der Waals surface area (Å²) in [4.78, 5) is 0. The van der Waals surface area contributed by atoms with Crippen molar-refractivity contribution >= 4 is 30.8 Å². The summed E-state index contributed by atoms with van der Waals surface area (Å²) in [6.07, 6.45) is 1.07. The first-order valence-electron chi connectivity index (χ1n) is 4.12. The molecule has 0 amide bonds. The van der Waals surface area contributed by atoms with Crippen molar-refractivity contribution in [3.8, 4) is 0 Å². The number of halogens is 2. The summed E-state index contributed by atoms with van der Waals surface area (Å²) in [6, 6.07) is 1.15. The first-order chi connectivity index (χ1) is 4.84. The lowest BCUT2D eigenvalue weighted by Gasteiger charge is -2.25. The monoisotopic (exact) mass is 212 g/mol. The van der Waals surface area contributed by atoms with Gasteiger partial charge in [0.25, 0.3) is 0 Å². The lowest BCUT2D eigenvalue weighted by Crippen LogP contribution is -2.21. The van der Waals surface area contributed by atoms with E-state index in [4.69, 9.17) is 22.7 Å². The van der Waals surface area contributed by atoms with Crippen LogP contribution >= 0.6 is 22.7 Å². The van der Waals surface area contributed by atoms with Crippen LogP contribution in [0.3, 0.4) is 0 Å². The van der Waals surface area contributed by atoms with Gasteiger partial charge in [0.2, 0.25) is 0 Å². The highest BCUT2D eigenvalue weighted by molar-refractivity contribution is 7.06. The molecule has 11 heavy (non-hydrogen) atoms. The molecular formula is C8H18Cl2Si. The standard InChI is InChI=1S/C8H18Cl2Si/c1-8(2,3)7(9)5-6-11(4)10/h7,11H,5-6H2,1-4H3. The zero-order valence-corrected chi connectivity index (χ0v) is 10.5. The highest BCUT2D eigenvalue weighted by Gasteiger charge is 2.22. The molecule has 0 aliphatic rings. The van der Waals surface area contributed by atoms with E-state index in [1.807, 2.05) is 0 Å². The van der Waals surface area contributed by atoms with E-state index in [1.165, 1.54) is 0 Å². The Balaban J connectivity index is 3.61. The van der Waals surface area contributed by atoms with Crippen LogP contribution in [0.5, 0.6) is 0 Å². The maximum Gasteiger partial charge on any atom is 0.138 e. The van der Waals surface area contributed by atoms with Gasteiger partial charge in [-0.15, -0.1) is 11.6 Å². The molecule has 0 aliphatic heterocycles. The third-order valence-electron chi connectivity index (χ3n) is 1.76. The highest BCUT2D eigenvalue weighted by Crippen LogP contribution is 2.28. The molecule has 0 nitrogen and oxygen atoms in total. The van der Waals surface area contributed by atoms with Crippen LogP contribution in [0.4, 0.5) is 0 Å². The Morgan fingerprint density at radius 1 is 1.36 bits per heavy atom.